The Hall–Kier alpha value is -1.12. The number of hydrogen-bond donors (Lipinski definition) is 1. The first-order valence-corrected chi connectivity index (χ1v) is 4.76. The number of aliphatic hydroxyl groups excluding tert-OH is 1. The lowest BCUT2D eigenvalue weighted by molar-refractivity contribution is 0.277. The van der Waals surface area contributed by atoms with Crippen molar-refractivity contribution in [1.82, 2.24) is 4.98 Å². The van der Waals surface area contributed by atoms with Gasteiger partial charge in [0, 0.05) is 5.39 Å². The Morgan fingerprint density at radius 2 is 2.07 bits per heavy atom. The molecule has 1 aromatic carbocycles. The maximum absolute atomic E-state index is 9.06. The highest BCUT2D eigenvalue weighted by Crippen LogP contribution is 2.26. The molecule has 0 saturated heterocycles. The summed E-state index contributed by atoms with van der Waals surface area (Å²) in [7, 11) is 0. The number of aryl methyl sites for hydroxylation is 1. The predicted molar refractivity (Wildman–Crippen MR) is 57.4 cm³/mol. The number of pyridine rings is 1. The summed E-state index contributed by atoms with van der Waals surface area (Å²) in [6, 6.07) is 7.76. The molecule has 1 aromatic heterocycles. The van der Waals surface area contributed by atoms with E-state index in [0.29, 0.717) is 10.7 Å². The molecule has 0 atom stereocenters. The second-order valence-electron chi connectivity index (χ2n) is 3.17. The number of fused-ring (bicyclic) bond motifs is 1. The Morgan fingerprint density at radius 1 is 1.36 bits per heavy atom. The number of rotatable bonds is 1. The molecule has 0 bridgehead atoms. The maximum atomic E-state index is 9.06. The van der Waals surface area contributed by atoms with Gasteiger partial charge >= 0.3 is 0 Å². The molecule has 0 aliphatic rings. The lowest BCUT2D eigenvalue weighted by Gasteiger charge is -2.07. The van der Waals surface area contributed by atoms with Crippen LogP contribution in [0.3, 0.4) is 0 Å². The van der Waals surface area contributed by atoms with E-state index in [0.717, 1.165) is 16.5 Å². The normalized spacial score (nSPS) is 10.8. The molecular weight excluding hydrogens is 198 g/mol. The highest BCUT2D eigenvalue weighted by atomic mass is 35.5. The van der Waals surface area contributed by atoms with Gasteiger partial charge in [-0.3, -0.25) is 0 Å². The van der Waals surface area contributed by atoms with Gasteiger partial charge in [0.2, 0.25) is 0 Å². The van der Waals surface area contributed by atoms with Crippen LogP contribution in [0.2, 0.25) is 5.02 Å². The molecule has 0 fully saturated rings. The van der Waals surface area contributed by atoms with Gasteiger partial charge in [0.1, 0.15) is 0 Å². The quantitative estimate of drug-likeness (QED) is 0.780. The Bertz CT molecular complexity index is 482. The second kappa shape index (κ2) is 3.56. The highest BCUT2D eigenvalue weighted by Gasteiger charge is 2.08. The van der Waals surface area contributed by atoms with Crippen molar-refractivity contribution in [3.05, 3.63) is 40.5 Å². The molecule has 0 spiro atoms. The minimum atomic E-state index is -0.121. The molecule has 0 amide bonds. The summed E-state index contributed by atoms with van der Waals surface area (Å²) in [6.45, 7) is 1.82. The molecule has 2 aromatic rings. The Balaban J connectivity index is 2.85. The van der Waals surface area contributed by atoms with E-state index in [4.69, 9.17) is 16.7 Å². The Labute approximate surface area is 87.2 Å². The van der Waals surface area contributed by atoms with E-state index in [-0.39, 0.29) is 6.61 Å². The second-order valence-corrected chi connectivity index (χ2v) is 3.55. The molecule has 0 aliphatic carbocycles. The van der Waals surface area contributed by atoms with Crippen molar-refractivity contribution < 1.29 is 5.11 Å². The number of hydrogen-bond acceptors (Lipinski definition) is 2. The van der Waals surface area contributed by atoms with Crippen LogP contribution >= 0.6 is 11.6 Å². The first-order chi connectivity index (χ1) is 6.74. The molecule has 2 nitrogen and oxygen atoms in total. The lowest BCUT2D eigenvalue weighted by atomic mass is 10.1. The summed E-state index contributed by atoms with van der Waals surface area (Å²) in [6.07, 6.45) is 0. The standard InChI is InChI=1S/C11H10ClNO/c1-7-8-4-2-3-5-9(8)13-10(6-14)11(7)12/h2-5,14H,6H2,1H3. The van der Waals surface area contributed by atoms with Gasteiger partial charge in [-0.2, -0.15) is 0 Å². The minimum Gasteiger partial charge on any atom is -0.390 e. The van der Waals surface area contributed by atoms with Crippen molar-refractivity contribution in [2.45, 2.75) is 13.5 Å². The molecule has 0 unspecified atom stereocenters. The first-order valence-electron chi connectivity index (χ1n) is 4.38. The van der Waals surface area contributed by atoms with Crippen LogP contribution in [-0.4, -0.2) is 10.1 Å². The van der Waals surface area contributed by atoms with Crippen LogP contribution in [0.5, 0.6) is 0 Å². The van der Waals surface area contributed by atoms with E-state index >= 15 is 0 Å². The largest absolute Gasteiger partial charge is 0.390 e. The highest BCUT2D eigenvalue weighted by molar-refractivity contribution is 6.32. The van der Waals surface area contributed by atoms with Crippen molar-refractivity contribution in [3.63, 3.8) is 0 Å². The zero-order valence-electron chi connectivity index (χ0n) is 7.79. The molecule has 1 heterocycles. The van der Waals surface area contributed by atoms with Crippen molar-refractivity contribution in [2.75, 3.05) is 0 Å². The molecule has 0 radical (unpaired) electrons. The van der Waals surface area contributed by atoms with Crippen molar-refractivity contribution in [2.24, 2.45) is 0 Å². The summed E-state index contributed by atoms with van der Waals surface area (Å²) >= 11 is 6.05. The van der Waals surface area contributed by atoms with Gasteiger partial charge in [-0.15, -0.1) is 0 Å². The smallest absolute Gasteiger partial charge is 0.0868 e. The van der Waals surface area contributed by atoms with Crippen LogP contribution in [0.25, 0.3) is 10.9 Å². The topological polar surface area (TPSA) is 33.1 Å². The SMILES string of the molecule is Cc1c(Cl)c(CO)nc2ccccc12. The summed E-state index contributed by atoms with van der Waals surface area (Å²) in [4.78, 5) is 4.27. The first kappa shape index (κ1) is 9.44. The van der Waals surface area contributed by atoms with Crippen LogP contribution in [0.4, 0.5) is 0 Å². The van der Waals surface area contributed by atoms with Crippen LogP contribution in [0.15, 0.2) is 24.3 Å². The van der Waals surface area contributed by atoms with Gasteiger partial charge < -0.3 is 5.11 Å². The third-order valence-corrected chi connectivity index (χ3v) is 2.80. The van der Waals surface area contributed by atoms with E-state index in [1.807, 2.05) is 31.2 Å². The molecule has 1 N–H and O–H groups in total. The van der Waals surface area contributed by atoms with E-state index in [2.05, 4.69) is 4.98 Å². The van der Waals surface area contributed by atoms with Gasteiger partial charge in [0.05, 0.1) is 22.8 Å². The fourth-order valence-electron chi connectivity index (χ4n) is 1.52. The van der Waals surface area contributed by atoms with Crippen molar-refractivity contribution in [3.8, 4) is 0 Å². The van der Waals surface area contributed by atoms with E-state index < -0.39 is 0 Å². The Morgan fingerprint density at radius 3 is 2.79 bits per heavy atom. The molecule has 3 heteroatoms. The van der Waals surface area contributed by atoms with Crippen molar-refractivity contribution in [1.29, 1.82) is 0 Å². The van der Waals surface area contributed by atoms with E-state index in [9.17, 15) is 0 Å². The molecular formula is C11H10ClNO. The van der Waals surface area contributed by atoms with Crippen LogP contribution in [0.1, 0.15) is 11.3 Å². The predicted octanol–water partition coefficient (Wildman–Crippen LogP) is 2.69. The summed E-state index contributed by atoms with van der Waals surface area (Å²) in [5.74, 6) is 0. The average molecular weight is 208 g/mol. The lowest BCUT2D eigenvalue weighted by Crippen LogP contribution is -1.94. The third kappa shape index (κ3) is 1.37. The van der Waals surface area contributed by atoms with E-state index in [1.165, 1.54) is 0 Å². The minimum absolute atomic E-state index is 0.121. The Kier molecular flexibility index (Phi) is 2.40. The summed E-state index contributed by atoms with van der Waals surface area (Å²) < 4.78 is 0. The third-order valence-electron chi connectivity index (χ3n) is 2.30. The molecule has 14 heavy (non-hydrogen) atoms. The van der Waals surface area contributed by atoms with Gasteiger partial charge in [-0.25, -0.2) is 4.98 Å². The maximum Gasteiger partial charge on any atom is 0.0868 e. The molecule has 2 rings (SSSR count). The van der Waals surface area contributed by atoms with Gasteiger partial charge in [-0.1, -0.05) is 29.8 Å². The van der Waals surface area contributed by atoms with Crippen molar-refractivity contribution >= 4 is 22.5 Å². The van der Waals surface area contributed by atoms with Gasteiger partial charge in [0.15, 0.2) is 0 Å². The zero-order chi connectivity index (χ0) is 10.1. The number of benzene rings is 1. The van der Waals surface area contributed by atoms with Crippen LogP contribution < -0.4 is 0 Å². The number of halogens is 1. The monoisotopic (exact) mass is 207 g/mol. The average Bonchev–Trinajstić information content (AvgIpc) is 2.23. The number of para-hydroxylation sites is 1. The van der Waals surface area contributed by atoms with Crippen LogP contribution in [0, 0.1) is 6.92 Å². The van der Waals surface area contributed by atoms with Gasteiger partial charge in [0.25, 0.3) is 0 Å². The zero-order valence-corrected chi connectivity index (χ0v) is 8.54. The number of aliphatic hydroxyl groups is 1. The fraction of sp³-hybridized carbons (Fsp3) is 0.182. The summed E-state index contributed by atoms with van der Waals surface area (Å²) in [5.41, 5.74) is 2.39. The summed E-state index contributed by atoms with van der Waals surface area (Å²) in [5, 5.41) is 10.7. The fourth-order valence-corrected chi connectivity index (χ4v) is 1.73. The number of nitrogens with zero attached hydrogens (tertiary/aromatic N) is 1. The molecule has 72 valence electrons. The molecule has 0 aliphatic heterocycles. The van der Waals surface area contributed by atoms with Crippen LogP contribution in [-0.2, 0) is 6.61 Å². The van der Waals surface area contributed by atoms with E-state index in [1.54, 1.807) is 0 Å². The molecule has 0 saturated carbocycles. The number of aromatic nitrogens is 1. The van der Waals surface area contributed by atoms with Gasteiger partial charge in [-0.05, 0) is 18.6 Å².